The van der Waals surface area contributed by atoms with Gasteiger partial charge >= 0.3 is 11.9 Å². The maximum atomic E-state index is 14.2. The van der Waals surface area contributed by atoms with E-state index < -0.39 is 29.5 Å². The van der Waals surface area contributed by atoms with Crippen LogP contribution in [0.4, 0.5) is 4.39 Å². The summed E-state index contributed by atoms with van der Waals surface area (Å²) in [5.41, 5.74) is -0.146. The van der Waals surface area contributed by atoms with Crippen LogP contribution in [0.5, 0.6) is 0 Å². The van der Waals surface area contributed by atoms with Crippen molar-refractivity contribution in [3.05, 3.63) is 35.1 Å². The van der Waals surface area contributed by atoms with E-state index in [0.29, 0.717) is 0 Å². The molecule has 0 aromatic heterocycles. The van der Waals surface area contributed by atoms with Gasteiger partial charge in [-0.1, -0.05) is 12.1 Å². The minimum absolute atomic E-state index is 0.0890. The van der Waals surface area contributed by atoms with Crippen LogP contribution in [-0.2, 0) is 25.5 Å². The molecule has 0 fully saturated rings. The average molecular weight is 296 g/mol. The Labute approximate surface area is 122 Å². The second-order valence-corrected chi connectivity index (χ2v) is 4.39. The van der Waals surface area contributed by atoms with Gasteiger partial charge < -0.3 is 9.47 Å². The molecule has 1 aromatic rings. The standard InChI is InChI=1S/C15H17FO5/c1-4-21-15(19)12(9(2)17)8-10-6-5-7-11(13(10)16)14(18)20-3/h5-7,12H,4,8H2,1-3H3. The lowest BCUT2D eigenvalue weighted by Crippen LogP contribution is -2.27. The third-order valence-electron chi connectivity index (χ3n) is 2.97. The van der Waals surface area contributed by atoms with Gasteiger partial charge in [0.1, 0.15) is 17.5 Å². The molecule has 5 nitrogen and oxygen atoms in total. The van der Waals surface area contributed by atoms with Gasteiger partial charge in [-0.25, -0.2) is 9.18 Å². The predicted octanol–water partition coefficient (Wildman–Crippen LogP) is 1.92. The van der Waals surface area contributed by atoms with E-state index in [2.05, 4.69) is 4.74 Å². The van der Waals surface area contributed by atoms with Gasteiger partial charge in [0.05, 0.1) is 19.3 Å². The van der Waals surface area contributed by atoms with Gasteiger partial charge in [-0.05, 0) is 31.9 Å². The fourth-order valence-electron chi connectivity index (χ4n) is 1.86. The summed E-state index contributed by atoms with van der Waals surface area (Å²) in [6.45, 7) is 2.99. The molecule has 114 valence electrons. The van der Waals surface area contributed by atoms with Crippen LogP contribution in [0.25, 0.3) is 0 Å². The van der Waals surface area contributed by atoms with E-state index in [0.717, 1.165) is 7.11 Å². The van der Waals surface area contributed by atoms with Gasteiger partial charge in [-0.2, -0.15) is 0 Å². The Hall–Kier alpha value is -2.24. The predicted molar refractivity (Wildman–Crippen MR) is 72.2 cm³/mol. The smallest absolute Gasteiger partial charge is 0.340 e. The van der Waals surface area contributed by atoms with Crippen molar-refractivity contribution in [3.8, 4) is 0 Å². The first-order valence-electron chi connectivity index (χ1n) is 6.45. The van der Waals surface area contributed by atoms with Gasteiger partial charge in [0, 0.05) is 0 Å². The third-order valence-corrected chi connectivity index (χ3v) is 2.97. The average Bonchev–Trinajstić information content (AvgIpc) is 2.45. The lowest BCUT2D eigenvalue weighted by Gasteiger charge is -2.14. The van der Waals surface area contributed by atoms with Crippen LogP contribution in [0.1, 0.15) is 29.8 Å². The van der Waals surface area contributed by atoms with Crippen LogP contribution in [0, 0.1) is 11.7 Å². The highest BCUT2D eigenvalue weighted by molar-refractivity contribution is 5.98. The molecule has 0 radical (unpaired) electrons. The molecule has 1 rings (SSSR count). The van der Waals surface area contributed by atoms with Crippen LogP contribution in [-0.4, -0.2) is 31.4 Å². The molecule has 0 saturated carbocycles. The zero-order valence-corrected chi connectivity index (χ0v) is 12.1. The van der Waals surface area contributed by atoms with Crippen molar-refractivity contribution >= 4 is 17.7 Å². The van der Waals surface area contributed by atoms with E-state index in [9.17, 15) is 18.8 Å². The van der Waals surface area contributed by atoms with Crippen molar-refractivity contribution in [2.75, 3.05) is 13.7 Å². The summed E-state index contributed by atoms with van der Waals surface area (Å²) in [7, 11) is 1.14. The summed E-state index contributed by atoms with van der Waals surface area (Å²) in [6.07, 6.45) is -0.162. The van der Waals surface area contributed by atoms with Crippen LogP contribution >= 0.6 is 0 Å². The molecule has 0 heterocycles. The zero-order valence-electron chi connectivity index (χ0n) is 12.1. The minimum atomic E-state index is -1.09. The number of ether oxygens (including phenoxy) is 2. The molecule has 1 unspecified atom stereocenters. The number of carbonyl (C=O) groups excluding carboxylic acids is 3. The maximum Gasteiger partial charge on any atom is 0.340 e. The fourth-order valence-corrected chi connectivity index (χ4v) is 1.86. The van der Waals surface area contributed by atoms with Crippen molar-refractivity contribution in [2.24, 2.45) is 5.92 Å². The number of hydrogen-bond donors (Lipinski definition) is 0. The summed E-state index contributed by atoms with van der Waals surface area (Å²) in [5, 5.41) is 0. The van der Waals surface area contributed by atoms with Crippen LogP contribution < -0.4 is 0 Å². The van der Waals surface area contributed by atoms with Crippen LogP contribution in [0.15, 0.2) is 18.2 Å². The topological polar surface area (TPSA) is 69.7 Å². The normalized spacial score (nSPS) is 11.6. The van der Waals surface area contributed by atoms with Gasteiger partial charge in [0.15, 0.2) is 0 Å². The summed E-state index contributed by atoms with van der Waals surface area (Å²) in [5.74, 6) is -3.82. The summed E-state index contributed by atoms with van der Waals surface area (Å²) < 4.78 is 23.5. The van der Waals surface area contributed by atoms with Crippen LogP contribution in [0.3, 0.4) is 0 Å². The molecule has 6 heteroatoms. The Morgan fingerprint density at radius 2 is 1.95 bits per heavy atom. The highest BCUT2D eigenvalue weighted by Crippen LogP contribution is 2.19. The first-order chi connectivity index (χ1) is 9.92. The van der Waals surface area contributed by atoms with E-state index in [4.69, 9.17) is 4.74 Å². The number of halogens is 1. The highest BCUT2D eigenvalue weighted by atomic mass is 19.1. The largest absolute Gasteiger partial charge is 0.465 e. The number of esters is 2. The Morgan fingerprint density at radius 1 is 1.29 bits per heavy atom. The maximum absolute atomic E-state index is 14.2. The summed E-state index contributed by atoms with van der Waals surface area (Å²) in [6, 6.07) is 4.15. The Kier molecular flexibility index (Phi) is 6.02. The quantitative estimate of drug-likeness (QED) is 0.592. The van der Waals surface area contributed by atoms with E-state index >= 15 is 0 Å². The number of hydrogen-bond acceptors (Lipinski definition) is 5. The van der Waals surface area contributed by atoms with Gasteiger partial charge in [0.2, 0.25) is 0 Å². The van der Waals surface area contributed by atoms with Gasteiger partial charge in [-0.3, -0.25) is 9.59 Å². The number of carbonyl (C=O) groups is 3. The molecule has 21 heavy (non-hydrogen) atoms. The molecule has 0 N–H and O–H groups in total. The molecule has 1 atom stereocenters. The van der Waals surface area contributed by atoms with Crippen LogP contribution in [0.2, 0.25) is 0 Å². The minimum Gasteiger partial charge on any atom is -0.465 e. The van der Waals surface area contributed by atoms with Crippen molar-refractivity contribution in [1.82, 2.24) is 0 Å². The Bertz CT molecular complexity index is 553. The number of methoxy groups -OCH3 is 1. The Balaban J connectivity index is 3.07. The second-order valence-electron chi connectivity index (χ2n) is 4.39. The summed E-state index contributed by atoms with van der Waals surface area (Å²) in [4.78, 5) is 34.7. The lowest BCUT2D eigenvalue weighted by atomic mass is 9.94. The number of ketones is 1. The molecule has 0 aliphatic rings. The van der Waals surface area contributed by atoms with Crippen molar-refractivity contribution in [1.29, 1.82) is 0 Å². The zero-order chi connectivity index (χ0) is 16.0. The number of rotatable bonds is 6. The second kappa shape index (κ2) is 7.52. The van der Waals surface area contributed by atoms with Gasteiger partial charge in [0.25, 0.3) is 0 Å². The molecule has 0 bridgehead atoms. The van der Waals surface area contributed by atoms with Crippen molar-refractivity contribution in [2.45, 2.75) is 20.3 Å². The first-order valence-corrected chi connectivity index (χ1v) is 6.45. The molecule has 1 aromatic carbocycles. The molecule has 0 spiro atoms. The lowest BCUT2D eigenvalue weighted by molar-refractivity contribution is -0.151. The number of benzene rings is 1. The molecule has 0 amide bonds. The highest BCUT2D eigenvalue weighted by Gasteiger charge is 2.27. The summed E-state index contributed by atoms with van der Waals surface area (Å²) >= 11 is 0. The van der Waals surface area contributed by atoms with E-state index in [1.807, 2.05) is 0 Å². The van der Waals surface area contributed by atoms with Crippen molar-refractivity contribution in [3.63, 3.8) is 0 Å². The first kappa shape index (κ1) is 16.8. The molecule has 0 aliphatic carbocycles. The number of Topliss-reactive ketones (excluding diaryl/α,β-unsaturated/α-hetero) is 1. The molecular formula is C15H17FO5. The fraction of sp³-hybridized carbons (Fsp3) is 0.400. The van der Waals surface area contributed by atoms with E-state index in [1.54, 1.807) is 6.92 Å². The SMILES string of the molecule is CCOC(=O)C(Cc1cccc(C(=O)OC)c1F)C(C)=O. The van der Waals surface area contributed by atoms with E-state index in [1.165, 1.54) is 25.1 Å². The molecule has 0 saturated heterocycles. The van der Waals surface area contributed by atoms with Crippen molar-refractivity contribution < 1.29 is 28.2 Å². The third kappa shape index (κ3) is 4.11. The molecular weight excluding hydrogens is 279 g/mol. The van der Waals surface area contributed by atoms with Gasteiger partial charge in [-0.15, -0.1) is 0 Å². The van der Waals surface area contributed by atoms with E-state index in [-0.39, 0.29) is 24.2 Å². The molecule has 0 aliphatic heterocycles. The Morgan fingerprint density at radius 3 is 2.48 bits per heavy atom. The monoisotopic (exact) mass is 296 g/mol.